The molecule has 0 aliphatic carbocycles. The van der Waals surface area contributed by atoms with Gasteiger partial charge in [0.25, 0.3) is 0 Å². The van der Waals surface area contributed by atoms with Crippen molar-refractivity contribution in [2.45, 2.75) is 303 Å². The molecule has 0 aliphatic heterocycles. The smallest absolute Gasteiger partial charge is 0.462 e. The Balaban J connectivity index is 5.13. The van der Waals surface area contributed by atoms with Gasteiger partial charge in [-0.1, -0.05) is 233 Å². The molecule has 0 saturated carbocycles. The molecule has 0 bridgehead atoms. The van der Waals surface area contributed by atoms with Crippen molar-refractivity contribution >= 4 is 39.5 Å². The summed E-state index contributed by atoms with van der Waals surface area (Å²) in [5, 5.41) is 10.5. The van der Waals surface area contributed by atoms with Gasteiger partial charge in [0.15, 0.2) is 12.2 Å². The zero-order chi connectivity index (χ0) is 56.2. The number of aliphatic hydroxyl groups excluding tert-OH is 1. The summed E-state index contributed by atoms with van der Waals surface area (Å²) in [6.45, 7) is 4.73. The molecule has 0 aromatic carbocycles. The van der Waals surface area contributed by atoms with Gasteiger partial charge in [-0.2, -0.15) is 0 Å². The number of phosphoric ester groups is 2. The predicted octanol–water partition coefficient (Wildman–Crippen LogP) is 15.2. The van der Waals surface area contributed by atoms with E-state index in [0.717, 1.165) is 89.9 Å². The summed E-state index contributed by atoms with van der Waals surface area (Å²) in [4.78, 5) is 71.5. The summed E-state index contributed by atoms with van der Waals surface area (Å²) in [5.41, 5.74) is 0. The molecule has 0 rings (SSSR count). The normalized spacial score (nSPS) is 14.4. The minimum absolute atomic E-state index is 0.100. The van der Waals surface area contributed by atoms with Gasteiger partial charge >= 0.3 is 39.5 Å². The van der Waals surface area contributed by atoms with E-state index < -0.39 is 97.5 Å². The van der Waals surface area contributed by atoms with Gasteiger partial charge in [-0.25, -0.2) is 9.13 Å². The first-order chi connectivity index (χ1) is 36.7. The van der Waals surface area contributed by atoms with E-state index in [1.165, 1.54) is 116 Å². The Bertz CT molecular complexity index is 1490. The highest BCUT2D eigenvalue weighted by Gasteiger charge is 2.30. The predicted molar refractivity (Wildman–Crippen MR) is 299 cm³/mol. The number of phosphoric acid groups is 2. The molecule has 17 nitrogen and oxygen atoms in total. The summed E-state index contributed by atoms with van der Waals surface area (Å²) in [6, 6.07) is 0. The van der Waals surface area contributed by atoms with Crippen LogP contribution in [-0.2, 0) is 65.4 Å². The third kappa shape index (κ3) is 51.5. The van der Waals surface area contributed by atoms with E-state index >= 15 is 0 Å². The lowest BCUT2D eigenvalue weighted by molar-refractivity contribution is -0.161. The molecule has 0 aliphatic rings. The minimum atomic E-state index is -4.93. The second kappa shape index (κ2) is 52.4. The summed E-state index contributed by atoms with van der Waals surface area (Å²) in [7, 11) is -9.86. The first-order valence-electron chi connectivity index (χ1n) is 30.3. The Morgan fingerprint density at radius 1 is 0.316 bits per heavy atom. The van der Waals surface area contributed by atoms with Crippen LogP contribution in [0, 0.1) is 0 Å². The molecule has 0 radical (unpaired) electrons. The van der Waals surface area contributed by atoms with Crippen molar-refractivity contribution in [1.82, 2.24) is 0 Å². The SMILES string of the molecule is CCCCCCCCCCCCCC(=O)OC[C@H](COP(=O)(O)OC[C@@H](O)COP(=O)(O)OC[C@@H](COC(=O)CCCCCCCCCCCCC)OC(=O)CCCCCCCCCCC)OC(=O)CCCCCCC. The molecule has 0 heterocycles. The lowest BCUT2D eigenvalue weighted by Crippen LogP contribution is -2.30. The van der Waals surface area contributed by atoms with Crippen molar-refractivity contribution in [2.75, 3.05) is 39.6 Å². The fourth-order valence-corrected chi connectivity index (χ4v) is 9.98. The van der Waals surface area contributed by atoms with Gasteiger partial charge in [-0.3, -0.25) is 37.3 Å². The van der Waals surface area contributed by atoms with Gasteiger partial charge in [0.2, 0.25) is 0 Å². The molecule has 2 unspecified atom stereocenters. The number of esters is 4. The van der Waals surface area contributed by atoms with Crippen LogP contribution in [0.3, 0.4) is 0 Å². The third-order valence-electron chi connectivity index (χ3n) is 13.1. The molecule has 0 saturated heterocycles. The third-order valence-corrected chi connectivity index (χ3v) is 15.0. The summed E-state index contributed by atoms with van der Waals surface area (Å²) in [6.07, 6.45) is 35.1. The number of ether oxygens (including phenoxy) is 4. The maximum absolute atomic E-state index is 12.9. The second-order valence-corrected chi connectivity index (χ2v) is 23.6. The second-order valence-electron chi connectivity index (χ2n) is 20.7. The van der Waals surface area contributed by atoms with Crippen LogP contribution in [0.1, 0.15) is 285 Å². The topological polar surface area (TPSA) is 237 Å². The van der Waals surface area contributed by atoms with Gasteiger partial charge in [0.05, 0.1) is 26.4 Å². The summed E-state index contributed by atoms with van der Waals surface area (Å²) < 4.78 is 67.4. The van der Waals surface area contributed by atoms with E-state index in [1.807, 2.05) is 0 Å². The molecule has 19 heteroatoms. The summed E-state index contributed by atoms with van der Waals surface area (Å²) in [5.74, 6) is -2.15. The van der Waals surface area contributed by atoms with Crippen molar-refractivity contribution in [2.24, 2.45) is 0 Å². The fraction of sp³-hybridized carbons (Fsp3) is 0.930. The highest BCUT2D eigenvalue weighted by molar-refractivity contribution is 7.47. The number of carbonyl (C=O) groups excluding carboxylic acids is 4. The van der Waals surface area contributed by atoms with Crippen LogP contribution in [0.2, 0.25) is 0 Å². The van der Waals surface area contributed by atoms with Crippen molar-refractivity contribution in [3.63, 3.8) is 0 Å². The Labute approximate surface area is 460 Å². The zero-order valence-corrected chi connectivity index (χ0v) is 50.0. The first-order valence-corrected chi connectivity index (χ1v) is 33.3. The molecular formula is C57H110O17P2. The van der Waals surface area contributed by atoms with E-state index in [2.05, 4.69) is 27.7 Å². The van der Waals surface area contributed by atoms with E-state index in [-0.39, 0.29) is 25.7 Å². The van der Waals surface area contributed by atoms with Crippen LogP contribution in [-0.4, -0.2) is 96.7 Å². The Kier molecular flexibility index (Phi) is 51.1. The van der Waals surface area contributed by atoms with Gasteiger partial charge in [-0.15, -0.1) is 0 Å². The minimum Gasteiger partial charge on any atom is -0.462 e. The molecule has 0 spiro atoms. The lowest BCUT2D eigenvalue weighted by atomic mass is 10.1. The highest BCUT2D eigenvalue weighted by atomic mass is 31.2. The highest BCUT2D eigenvalue weighted by Crippen LogP contribution is 2.45. The van der Waals surface area contributed by atoms with Crippen LogP contribution in [0.5, 0.6) is 0 Å². The van der Waals surface area contributed by atoms with E-state index in [1.54, 1.807) is 0 Å². The summed E-state index contributed by atoms with van der Waals surface area (Å²) >= 11 is 0. The van der Waals surface area contributed by atoms with Crippen molar-refractivity contribution < 1.29 is 80.2 Å². The Morgan fingerprint density at radius 2 is 0.526 bits per heavy atom. The monoisotopic (exact) mass is 1130 g/mol. The molecular weight excluding hydrogens is 1020 g/mol. The quantitative estimate of drug-likeness (QED) is 0.0222. The molecule has 450 valence electrons. The van der Waals surface area contributed by atoms with Gasteiger partial charge < -0.3 is 33.8 Å². The molecule has 76 heavy (non-hydrogen) atoms. The van der Waals surface area contributed by atoms with E-state index in [4.69, 9.17) is 37.0 Å². The van der Waals surface area contributed by atoms with E-state index in [9.17, 15) is 43.2 Å². The maximum Gasteiger partial charge on any atom is 0.472 e. The van der Waals surface area contributed by atoms with Crippen molar-refractivity contribution in [1.29, 1.82) is 0 Å². The molecule has 0 amide bonds. The van der Waals surface area contributed by atoms with E-state index in [0.29, 0.717) is 25.7 Å². The number of unbranched alkanes of at least 4 members (excludes halogenated alkanes) is 32. The molecule has 0 fully saturated rings. The fourth-order valence-electron chi connectivity index (χ4n) is 8.40. The number of rotatable bonds is 58. The standard InChI is InChI=1S/C57H110O17P2/c1-5-9-13-17-20-23-25-28-30-34-37-41-54(59)67-47-52(73-56(61)43-39-33-16-12-8-4)49-71-75(63,64)69-45-51(58)46-70-76(65,66)72-50-53(74-57(62)44-40-36-32-27-22-19-15-11-7-3)48-68-55(60)42-38-35-31-29-26-24-21-18-14-10-6-2/h51-53,58H,5-50H2,1-4H3,(H,63,64)(H,65,66)/t51-,52-,53-/m1/s1. The van der Waals surface area contributed by atoms with Crippen LogP contribution in [0.4, 0.5) is 0 Å². The lowest BCUT2D eigenvalue weighted by Gasteiger charge is -2.21. The molecule has 3 N–H and O–H groups in total. The van der Waals surface area contributed by atoms with Crippen molar-refractivity contribution in [3.05, 3.63) is 0 Å². The zero-order valence-electron chi connectivity index (χ0n) is 48.2. The number of aliphatic hydroxyl groups is 1. The Morgan fingerprint density at radius 3 is 0.776 bits per heavy atom. The average Bonchev–Trinajstić information content (AvgIpc) is 3.39. The van der Waals surface area contributed by atoms with Crippen LogP contribution >= 0.6 is 15.6 Å². The number of hydrogen-bond acceptors (Lipinski definition) is 15. The van der Waals surface area contributed by atoms with Gasteiger partial charge in [0.1, 0.15) is 19.3 Å². The van der Waals surface area contributed by atoms with Crippen LogP contribution in [0.25, 0.3) is 0 Å². The maximum atomic E-state index is 12.9. The van der Waals surface area contributed by atoms with Crippen LogP contribution in [0.15, 0.2) is 0 Å². The van der Waals surface area contributed by atoms with Crippen LogP contribution < -0.4 is 0 Å². The molecule has 0 aromatic rings. The van der Waals surface area contributed by atoms with Gasteiger partial charge in [0, 0.05) is 25.7 Å². The van der Waals surface area contributed by atoms with Crippen molar-refractivity contribution in [3.8, 4) is 0 Å². The number of hydrogen-bond donors (Lipinski definition) is 3. The Hall–Kier alpha value is -1.94. The number of carbonyl (C=O) groups is 4. The first kappa shape index (κ1) is 74.1. The molecule has 0 aromatic heterocycles. The average molecular weight is 1130 g/mol. The molecule has 5 atom stereocenters. The van der Waals surface area contributed by atoms with Gasteiger partial charge in [-0.05, 0) is 25.7 Å². The largest absolute Gasteiger partial charge is 0.472 e.